The number of methoxy groups -OCH3 is 2. The molecule has 3 heterocycles. The van der Waals surface area contributed by atoms with E-state index < -0.39 is 0 Å². The van der Waals surface area contributed by atoms with Gasteiger partial charge in [0, 0.05) is 55.9 Å². The first-order valence-electron chi connectivity index (χ1n) is 14.4. The summed E-state index contributed by atoms with van der Waals surface area (Å²) in [6, 6.07) is 16.8. The molecule has 0 spiro atoms. The molecule has 3 aromatic rings. The highest BCUT2D eigenvalue weighted by molar-refractivity contribution is 7.09. The number of ether oxygens (including phenoxy) is 2. The fourth-order valence-electron chi connectivity index (χ4n) is 6.19. The average molecular weight is 563 g/mol. The summed E-state index contributed by atoms with van der Waals surface area (Å²) in [6.45, 7) is 10.1. The minimum Gasteiger partial charge on any atom is -0.493 e. The lowest BCUT2D eigenvalue weighted by molar-refractivity contribution is -0.113. The van der Waals surface area contributed by atoms with Crippen LogP contribution in [0.25, 0.3) is 0 Å². The second kappa shape index (κ2) is 13.6. The lowest BCUT2D eigenvalue weighted by Gasteiger charge is -2.36. The molecule has 1 aromatic heterocycles. The number of hydrogen-bond acceptors (Lipinski definition) is 8. The molecule has 2 aliphatic heterocycles. The highest BCUT2D eigenvalue weighted by Gasteiger charge is 2.37. The van der Waals surface area contributed by atoms with Crippen molar-refractivity contribution in [2.24, 2.45) is 0 Å². The Morgan fingerprint density at radius 1 is 1.05 bits per heavy atom. The van der Waals surface area contributed by atoms with Crippen LogP contribution >= 0.6 is 11.3 Å². The topological polar surface area (TPSA) is 57.3 Å². The third-order valence-corrected chi connectivity index (χ3v) is 9.27. The Morgan fingerprint density at radius 3 is 2.58 bits per heavy atom. The lowest BCUT2D eigenvalue weighted by atomic mass is 9.98. The third kappa shape index (κ3) is 6.20. The van der Waals surface area contributed by atoms with Crippen LogP contribution < -0.4 is 19.7 Å². The molecule has 214 valence electrons. The molecule has 5 rings (SSSR count). The Balaban J connectivity index is 1.39. The van der Waals surface area contributed by atoms with Crippen molar-refractivity contribution in [2.75, 3.05) is 58.4 Å². The van der Waals surface area contributed by atoms with E-state index in [9.17, 15) is 4.79 Å². The largest absolute Gasteiger partial charge is 0.493 e. The number of fused-ring (bicyclic) bond motifs is 1. The van der Waals surface area contributed by atoms with Gasteiger partial charge in [-0.1, -0.05) is 31.2 Å². The maximum Gasteiger partial charge on any atom is 0.161 e. The van der Waals surface area contributed by atoms with Crippen LogP contribution in [0, 0.1) is 0 Å². The maximum absolute atomic E-state index is 12.7. The summed E-state index contributed by atoms with van der Waals surface area (Å²) >= 11 is 1.78. The number of anilines is 1. The molecule has 1 N–H and O–H groups in total. The first kappa shape index (κ1) is 28.6. The number of benzene rings is 2. The minimum absolute atomic E-state index is 0.0655. The summed E-state index contributed by atoms with van der Waals surface area (Å²) in [6.07, 6.45) is 3.05. The molecule has 0 radical (unpaired) electrons. The monoisotopic (exact) mass is 562 g/mol. The van der Waals surface area contributed by atoms with Crippen molar-refractivity contribution < 1.29 is 14.3 Å². The number of nitrogens with one attached hydrogen (secondary N) is 1. The van der Waals surface area contributed by atoms with E-state index in [0.717, 1.165) is 88.4 Å². The fourth-order valence-corrected chi connectivity index (χ4v) is 6.86. The summed E-state index contributed by atoms with van der Waals surface area (Å²) in [5.41, 5.74) is 4.87. The van der Waals surface area contributed by atoms with E-state index in [4.69, 9.17) is 9.47 Å². The zero-order chi connectivity index (χ0) is 27.9. The number of thiophene rings is 1. The van der Waals surface area contributed by atoms with Crippen LogP contribution in [0.4, 0.5) is 5.69 Å². The zero-order valence-corrected chi connectivity index (χ0v) is 24.8. The Morgan fingerprint density at radius 2 is 1.88 bits per heavy atom. The van der Waals surface area contributed by atoms with Crippen molar-refractivity contribution >= 4 is 23.3 Å². The number of hydrogen-bond donors (Lipinski definition) is 1. The van der Waals surface area contributed by atoms with Crippen LogP contribution in [0.3, 0.4) is 0 Å². The molecule has 8 heteroatoms. The van der Waals surface area contributed by atoms with E-state index in [2.05, 4.69) is 74.8 Å². The number of aldehydes is 1. The van der Waals surface area contributed by atoms with Crippen molar-refractivity contribution in [1.29, 1.82) is 0 Å². The molecule has 2 aliphatic rings. The van der Waals surface area contributed by atoms with Gasteiger partial charge in [0.15, 0.2) is 11.5 Å². The van der Waals surface area contributed by atoms with E-state index in [1.807, 2.05) is 6.07 Å². The van der Waals surface area contributed by atoms with E-state index in [0.29, 0.717) is 5.75 Å². The summed E-state index contributed by atoms with van der Waals surface area (Å²) in [4.78, 5) is 21.4. The van der Waals surface area contributed by atoms with E-state index >= 15 is 0 Å². The molecule has 0 aliphatic carbocycles. The quantitative estimate of drug-likeness (QED) is 0.225. The molecule has 0 amide bonds. The minimum atomic E-state index is -0.274. The van der Waals surface area contributed by atoms with Gasteiger partial charge in [0.05, 0.1) is 20.3 Å². The van der Waals surface area contributed by atoms with Gasteiger partial charge in [-0.25, -0.2) is 0 Å². The van der Waals surface area contributed by atoms with E-state index in [-0.39, 0.29) is 12.1 Å². The number of rotatable bonds is 13. The molecule has 1 saturated heterocycles. The number of carbonyl (C=O) groups excluding carboxylic acids is 1. The van der Waals surface area contributed by atoms with Gasteiger partial charge >= 0.3 is 0 Å². The van der Waals surface area contributed by atoms with Crippen LogP contribution in [0.15, 0.2) is 53.9 Å². The van der Waals surface area contributed by atoms with Crippen molar-refractivity contribution in [2.45, 2.75) is 44.9 Å². The van der Waals surface area contributed by atoms with E-state index in [1.54, 1.807) is 25.6 Å². The first-order chi connectivity index (χ1) is 19.7. The van der Waals surface area contributed by atoms with Crippen LogP contribution in [0.1, 0.15) is 53.4 Å². The van der Waals surface area contributed by atoms with Crippen LogP contribution in [-0.4, -0.2) is 69.6 Å². The molecule has 0 saturated carbocycles. The number of piperazine rings is 1. The SMILES string of the molecule is CCN1CCN(c2cccc3c2CN([C@H](CCCNCc2cccs2)c2ccc(OC)c(OC)c2)C3C=O)CC1. The van der Waals surface area contributed by atoms with Crippen molar-refractivity contribution in [3.05, 3.63) is 75.5 Å². The number of likely N-dealkylation sites (N-methyl/N-ethyl adjacent to an activating group) is 1. The summed E-state index contributed by atoms with van der Waals surface area (Å²) in [7, 11) is 3.34. The van der Waals surface area contributed by atoms with Crippen molar-refractivity contribution in [3.63, 3.8) is 0 Å². The highest BCUT2D eigenvalue weighted by Crippen LogP contribution is 2.45. The van der Waals surface area contributed by atoms with Gasteiger partial charge in [-0.05, 0) is 72.3 Å². The van der Waals surface area contributed by atoms with Crippen LogP contribution in [-0.2, 0) is 17.9 Å². The molecule has 0 bridgehead atoms. The Hall–Kier alpha value is -2.91. The molecule has 2 atom stereocenters. The Kier molecular flexibility index (Phi) is 9.75. The van der Waals surface area contributed by atoms with Gasteiger partial charge in [-0.15, -0.1) is 11.3 Å². The maximum atomic E-state index is 12.7. The van der Waals surface area contributed by atoms with Gasteiger partial charge in [0.1, 0.15) is 6.29 Å². The van der Waals surface area contributed by atoms with Crippen molar-refractivity contribution in [1.82, 2.24) is 15.1 Å². The Bertz CT molecular complexity index is 1240. The number of carbonyl (C=O) groups is 1. The second-order valence-corrected chi connectivity index (χ2v) is 11.6. The summed E-state index contributed by atoms with van der Waals surface area (Å²) in [5.74, 6) is 1.43. The van der Waals surface area contributed by atoms with Gasteiger partial charge in [0.25, 0.3) is 0 Å². The van der Waals surface area contributed by atoms with Crippen molar-refractivity contribution in [3.8, 4) is 11.5 Å². The van der Waals surface area contributed by atoms with Gasteiger partial charge in [-0.3, -0.25) is 4.90 Å². The fraction of sp³-hybridized carbons (Fsp3) is 0.469. The zero-order valence-electron chi connectivity index (χ0n) is 24.0. The molecule has 7 nitrogen and oxygen atoms in total. The smallest absolute Gasteiger partial charge is 0.161 e. The van der Waals surface area contributed by atoms with Gasteiger partial charge in [0.2, 0.25) is 0 Å². The number of nitrogens with zero attached hydrogens (tertiary/aromatic N) is 3. The Labute approximate surface area is 242 Å². The highest BCUT2D eigenvalue weighted by atomic mass is 32.1. The molecule has 40 heavy (non-hydrogen) atoms. The molecular weight excluding hydrogens is 520 g/mol. The average Bonchev–Trinajstić information content (AvgIpc) is 3.66. The van der Waals surface area contributed by atoms with Crippen LogP contribution in [0.5, 0.6) is 11.5 Å². The summed E-state index contributed by atoms with van der Waals surface area (Å²) in [5, 5.41) is 5.71. The molecular formula is C32H42N4O3S. The molecule has 2 aromatic carbocycles. The van der Waals surface area contributed by atoms with Crippen LogP contribution in [0.2, 0.25) is 0 Å². The van der Waals surface area contributed by atoms with E-state index in [1.165, 1.54) is 16.1 Å². The summed E-state index contributed by atoms with van der Waals surface area (Å²) < 4.78 is 11.2. The predicted molar refractivity (Wildman–Crippen MR) is 163 cm³/mol. The normalized spacial score (nSPS) is 18.5. The van der Waals surface area contributed by atoms with Gasteiger partial charge in [-0.2, -0.15) is 0 Å². The second-order valence-electron chi connectivity index (χ2n) is 10.5. The lowest BCUT2D eigenvalue weighted by Crippen LogP contribution is -2.46. The standard InChI is InChI=1S/C32H42N4O3S/c1-4-34-15-17-35(18-16-34)29-10-5-9-26-27(29)22-36(30(26)23-37)28(11-6-14-33-21-25-8-7-19-40-25)24-12-13-31(38-2)32(20-24)39-3/h5,7-10,12-13,19-20,23,28,30,33H,4,6,11,14-18,21-22H2,1-3H3/t28-,30?/m1/s1. The third-order valence-electron chi connectivity index (χ3n) is 8.40. The predicted octanol–water partition coefficient (Wildman–Crippen LogP) is 5.27. The first-order valence-corrected chi connectivity index (χ1v) is 15.3. The molecule has 1 unspecified atom stereocenters. The van der Waals surface area contributed by atoms with Gasteiger partial charge < -0.3 is 29.4 Å². The molecule has 1 fully saturated rings.